The standard InChI is InChI=1S/C87H140O16P2/c1-4-7-10-13-16-19-22-25-28-31-33-35-37-39-40-42-44-45-47-50-52-55-58-61-64-67-70-73-85(90)97-76-82(88)77-99-104(93,94)100-78-83(89)79-101-105(95,96)102-81-84(103-87(92)75-72-69-66-63-60-57-54-49-30-27-24-21-18-15-12-9-6-3)80-98-86(91)74-71-68-65-62-59-56-53-51-48-46-43-41-38-36-34-32-29-26-23-20-17-14-11-8-5-2/h7-12,16-21,25-30,33-36,39-41,43-45,48,51,54,57,82-84,88-89H,4-6,13-15,22-24,31-32,37-38,42,46-47,49-50,52-53,55-56,58-81H2,1-3H3,(H,93,94)(H,95,96)/b10-7-,11-8-,12-9-,19-16-,20-17-,21-18-,28-25-,29-26-,30-27-,35-33-,36-34-,40-39-,43-41-,45-44-,51-48-,57-54-. The Hall–Kier alpha value is -5.61. The van der Waals surface area contributed by atoms with Crippen molar-refractivity contribution in [1.82, 2.24) is 0 Å². The third-order valence-electron chi connectivity index (χ3n) is 15.8. The van der Waals surface area contributed by atoms with E-state index in [1.54, 1.807) is 0 Å². The number of aliphatic hydroxyl groups is 2. The SMILES string of the molecule is CC/C=C\C/C=C\C/C=C\C/C=C\C/C=C\C/C=C\CCCCCCCCCCC(=O)OCC(O)COP(=O)(O)OCC(O)COP(=O)(O)OCC(COC(=O)CCCCCCCC/C=C\C/C=C\C/C=C\C/C=C\C/C=C\C/C=C\CC)OC(=O)CCCCCC/C=C\C/C=C\C/C=C\C/C=C\CC. The van der Waals surface area contributed by atoms with Crippen LogP contribution in [0.1, 0.15) is 278 Å². The van der Waals surface area contributed by atoms with Crippen LogP contribution in [0.3, 0.4) is 0 Å². The van der Waals surface area contributed by atoms with E-state index in [9.17, 15) is 43.5 Å². The van der Waals surface area contributed by atoms with Crippen molar-refractivity contribution in [3.05, 3.63) is 194 Å². The molecule has 5 atom stereocenters. The first-order chi connectivity index (χ1) is 51.2. The molecule has 105 heavy (non-hydrogen) atoms. The number of hydrogen-bond acceptors (Lipinski definition) is 14. The van der Waals surface area contributed by atoms with Crippen molar-refractivity contribution < 1.29 is 75.8 Å². The van der Waals surface area contributed by atoms with Crippen LogP contribution >= 0.6 is 15.6 Å². The molecule has 18 heteroatoms. The minimum absolute atomic E-state index is 0.0650. The Labute approximate surface area is 636 Å². The second-order valence-electron chi connectivity index (χ2n) is 25.7. The molecule has 0 aromatic carbocycles. The summed E-state index contributed by atoms with van der Waals surface area (Å²) in [7, 11) is -9.82. The number of aliphatic hydroxyl groups excluding tert-OH is 2. The zero-order chi connectivity index (χ0) is 76.6. The van der Waals surface area contributed by atoms with Gasteiger partial charge in [0.15, 0.2) is 6.10 Å². The molecule has 0 fully saturated rings. The lowest BCUT2D eigenvalue weighted by atomic mass is 10.1. The van der Waals surface area contributed by atoms with Gasteiger partial charge in [-0.15, -0.1) is 0 Å². The summed E-state index contributed by atoms with van der Waals surface area (Å²) < 4.78 is 61.2. The van der Waals surface area contributed by atoms with Gasteiger partial charge in [-0.1, -0.05) is 292 Å². The third-order valence-corrected chi connectivity index (χ3v) is 17.7. The lowest BCUT2D eigenvalue weighted by Gasteiger charge is -2.21. The predicted molar refractivity (Wildman–Crippen MR) is 435 cm³/mol. The molecule has 0 aromatic heterocycles. The zero-order valence-corrected chi connectivity index (χ0v) is 66.6. The van der Waals surface area contributed by atoms with Gasteiger partial charge in [-0.2, -0.15) is 0 Å². The van der Waals surface area contributed by atoms with Crippen molar-refractivity contribution in [3.8, 4) is 0 Å². The third kappa shape index (κ3) is 79.3. The number of ether oxygens (including phenoxy) is 3. The highest BCUT2D eigenvalue weighted by Gasteiger charge is 2.29. The smallest absolute Gasteiger partial charge is 0.463 e. The lowest BCUT2D eigenvalue weighted by molar-refractivity contribution is -0.161. The average Bonchev–Trinajstić information content (AvgIpc) is 0.911. The molecule has 0 heterocycles. The van der Waals surface area contributed by atoms with Gasteiger partial charge in [0.05, 0.1) is 26.4 Å². The summed E-state index contributed by atoms with van der Waals surface area (Å²) in [5.41, 5.74) is 0. The van der Waals surface area contributed by atoms with Gasteiger partial charge < -0.3 is 34.2 Å². The van der Waals surface area contributed by atoms with Crippen LogP contribution in [0.25, 0.3) is 0 Å². The monoisotopic (exact) mass is 1500 g/mol. The first-order valence-electron chi connectivity index (χ1n) is 39.7. The highest BCUT2D eigenvalue weighted by atomic mass is 31.2. The molecule has 0 bridgehead atoms. The van der Waals surface area contributed by atoms with Crippen LogP contribution in [0.5, 0.6) is 0 Å². The number of rotatable bonds is 73. The first kappa shape index (κ1) is 99.4. The minimum atomic E-state index is -4.95. The number of hydrogen-bond donors (Lipinski definition) is 4. The first-order valence-corrected chi connectivity index (χ1v) is 42.7. The second-order valence-corrected chi connectivity index (χ2v) is 28.6. The number of phosphoric acid groups is 2. The highest BCUT2D eigenvalue weighted by Crippen LogP contribution is 2.45. The van der Waals surface area contributed by atoms with Crippen LogP contribution in [0.15, 0.2) is 194 Å². The molecule has 0 amide bonds. The maximum absolute atomic E-state index is 13.0. The van der Waals surface area contributed by atoms with Crippen molar-refractivity contribution in [1.29, 1.82) is 0 Å². The lowest BCUT2D eigenvalue weighted by Crippen LogP contribution is -2.30. The summed E-state index contributed by atoms with van der Waals surface area (Å²) in [5.74, 6) is -1.64. The highest BCUT2D eigenvalue weighted by molar-refractivity contribution is 7.47. The number of esters is 3. The van der Waals surface area contributed by atoms with Crippen LogP contribution < -0.4 is 0 Å². The number of carbonyl (C=O) groups is 3. The molecule has 0 saturated heterocycles. The van der Waals surface area contributed by atoms with Gasteiger partial charge in [-0.05, 0) is 161 Å². The summed E-state index contributed by atoms with van der Waals surface area (Å²) in [4.78, 5) is 58.7. The van der Waals surface area contributed by atoms with E-state index >= 15 is 0 Å². The molecular weight excluding hydrogens is 1360 g/mol. The number of carbonyl (C=O) groups excluding carboxylic acids is 3. The van der Waals surface area contributed by atoms with Crippen molar-refractivity contribution in [2.45, 2.75) is 296 Å². The molecule has 594 valence electrons. The molecule has 0 rings (SSSR count). The normalized spacial score (nSPS) is 15.0. The van der Waals surface area contributed by atoms with Crippen LogP contribution in [-0.4, -0.2) is 95.9 Å². The molecule has 0 aliphatic heterocycles. The molecule has 0 aliphatic carbocycles. The van der Waals surface area contributed by atoms with Crippen molar-refractivity contribution in [2.75, 3.05) is 39.6 Å². The van der Waals surface area contributed by atoms with Gasteiger partial charge in [0.25, 0.3) is 0 Å². The molecule has 0 saturated carbocycles. The molecule has 0 aliphatic rings. The molecule has 0 aromatic rings. The van der Waals surface area contributed by atoms with E-state index in [1.165, 1.54) is 19.3 Å². The van der Waals surface area contributed by atoms with Gasteiger partial charge in [-0.3, -0.25) is 32.5 Å². The van der Waals surface area contributed by atoms with E-state index in [4.69, 9.17) is 32.3 Å². The van der Waals surface area contributed by atoms with E-state index in [0.717, 1.165) is 199 Å². The Bertz CT molecular complexity index is 2690. The van der Waals surface area contributed by atoms with E-state index in [1.807, 2.05) is 0 Å². The van der Waals surface area contributed by atoms with Gasteiger partial charge in [-0.25, -0.2) is 9.13 Å². The fourth-order valence-electron chi connectivity index (χ4n) is 9.86. The summed E-state index contributed by atoms with van der Waals surface area (Å²) >= 11 is 0. The fourth-order valence-corrected chi connectivity index (χ4v) is 11.4. The number of unbranched alkanes of at least 4 members (excludes halogenated alkanes) is 18. The van der Waals surface area contributed by atoms with Crippen LogP contribution in [-0.2, 0) is 55.8 Å². The average molecular weight is 1500 g/mol. The van der Waals surface area contributed by atoms with Gasteiger partial charge >= 0.3 is 33.6 Å². The number of allylic oxidation sites excluding steroid dienone is 32. The molecule has 16 nitrogen and oxygen atoms in total. The molecule has 4 N–H and O–H groups in total. The Balaban J connectivity index is 4.68. The largest absolute Gasteiger partial charge is 0.472 e. The molecule has 5 unspecified atom stereocenters. The zero-order valence-electron chi connectivity index (χ0n) is 64.8. The van der Waals surface area contributed by atoms with E-state index in [0.29, 0.717) is 19.3 Å². The Morgan fingerprint density at radius 1 is 0.267 bits per heavy atom. The summed E-state index contributed by atoms with van der Waals surface area (Å²) in [6, 6.07) is 0. The van der Waals surface area contributed by atoms with Gasteiger partial charge in [0.1, 0.15) is 25.4 Å². The Morgan fingerprint density at radius 2 is 0.476 bits per heavy atom. The maximum Gasteiger partial charge on any atom is 0.472 e. The summed E-state index contributed by atoms with van der Waals surface area (Å²) in [5, 5.41) is 20.6. The molecule has 0 spiro atoms. The van der Waals surface area contributed by atoms with E-state index in [-0.39, 0.29) is 19.3 Å². The van der Waals surface area contributed by atoms with Crippen LogP contribution in [0.2, 0.25) is 0 Å². The Morgan fingerprint density at radius 3 is 0.752 bits per heavy atom. The van der Waals surface area contributed by atoms with Crippen molar-refractivity contribution in [2.24, 2.45) is 0 Å². The topological polar surface area (TPSA) is 231 Å². The van der Waals surface area contributed by atoms with E-state index < -0.39 is 91.5 Å². The Kier molecular flexibility index (Phi) is 73.8. The second kappa shape index (κ2) is 78.0. The predicted octanol–water partition coefficient (Wildman–Crippen LogP) is 23.5. The van der Waals surface area contributed by atoms with E-state index in [2.05, 4.69) is 215 Å². The van der Waals surface area contributed by atoms with Gasteiger partial charge in [0.2, 0.25) is 0 Å². The molecular formula is C87H140O16P2. The fraction of sp³-hybridized carbons (Fsp3) is 0.598. The van der Waals surface area contributed by atoms with Crippen LogP contribution in [0.4, 0.5) is 0 Å². The molecule has 0 radical (unpaired) electrons. The van der Waals surface area contributed by atoms with Gasteiger partial charge in [0, 0.05) is 19.3 Å². The van der Waals surface area contributed by atoms with Crippen molar-refractivity contribution in [3.63, 3.8) is 0 Å². The summed E-state index contributed by atoms with van der Waals surface area (Å²) in [6.45, 7) is 2.26. The summed E-state index contributed by atoms with van der Waals surface area (Å²) in [6.07, 6.45) is 102. The number of phosphoric ester groups is 2. The van der Waals surface area contributed by atoms with Crippen LogP contribution in [0, 0.1) is 0 Å². The maximum atomic E-state index is 13.0. The van der Waals surface area contributed by atoms with Crippen molar-refractivity contribution >= 4 is 33.6 Å². The minimum Gasteiger partial charge on any atom is -0.463 e. The quantitative estimate of drug-likeness (QED) is 0.0146.